The number of carbonyl (C=O) groups excluding carboxylic acids is 1. The van der Waals surface area contributed by atoms with Crippen LogP contribution < -0.4 is 9.64 Å². The highest BCUT2D eigenvalue weighted by molar-refractivity contribution is 5.99. The van der Waals surface area contributed by atoms with E-state index >= 15 is 0 Å². The van der Waals surface area contributed by atoms with Gasteiger partial charge in [0.1, 0.15) is 5.75 Å². The fraction of sp³-hybridized carbons (Fsp3) is 0.375. The Morgan fingerprint density at radius 3 is 2.32 bits per heavy atom. The predicted octanol–water partition coefficient (Wildman–Crippen LogP) is 5.12. The zero-order valence-corrected chi connectivity index (χ0v) is 22.2. The molecule has 0 aromatic heterocycles. The highest BCUT2D eigenvalue weighted by atomic mass is 16.5. The molecule has 0 N–H and O–H groups in total. The molecule has 1 fully saturated rings. The van der Waals surface area contributed by atoms with Crippen LogP contribution in [0.3, 0.4) is 0 Å². The van der Waals surface area contributed by atoms with Gasteiger partial charge in [-0.25, -0.2) is 0 Å². The SMILES string of the molecule is C[C@](Oc1ccc2c(c1CN1CCN(c3ccccc3)CC1)CCCC2=O)(c1ccccc1)N1C=NCC1. The van der Waals surface area contributed by atoms with E-state index in [0.717, 1.165) is 75.5 Å². The first-order valence-electron chi connectivity index (χ1n) is 13.8. The number of ketones is 1. The number of ether oxygens (including phenoxy) is 1. The van der Waals surface area contributed by atoms with E-state index in [1.807, 2.05) is 24.5 Å². The molecule has 0 bridgehead atoms. The van der Waals surface area contributed by atoms with Crippen LogP contribution in [0, 0.1) is 0 Å². The molecule has 0 radical (unpaired) electrons. The highest BCUT2D eigenvalue weighted by Gasteiger charge is 2.37. The summed E-state index contributed by atoms with van der Waals surface area (Å²) in [6.07, 6.45) is 4.37. The van der Waals surface area contributed by atoms with Gasteiger partial charge in [0, 0.05) is 68.1 Å². The summed E-state index contributed by atoms with van der Waals surface area (Å²) < 4.78 is 7.02. The van der Waals surface area contributed by atoms with E-state index in [0.29, 0.717) is 6.42 Å². The van der Waals surface area contributed by atoms with Crippen LogP contribution >= 0.6 is 0 Å². The van der Waals surface area contributed by atoms with Crippen molar-refractivity contribution in [3.05, 3.63) is 95.1 Å². The lowest BCUT2D eigenvalue weighted by Gasteiger charge is -2.40. The minimum atomic E-state index is -0.699. The second-order valence-corrected chi connectivity index (χ2v) is 10.6. The number of hydrogen-bond donors (Lipinski definition) is 0. The molecule has 0 saturated carbocycles. The monoisotopic (exact) mass is 508 g/mol. The molecule has 1 saturated heterocycles. The topological polar surface area (TPSA) is 48.4 Å². The number of nitrogens with zero attached hydrogens (tertiary/aromatic N) is 4. The van der Waals surface area contributed by atoms with Gasteiger partial charge in [0.15, 0.2) is 5.78 Å². The van der Waals surface area contributed by atoms with Crippen molar-refractivity contribution in [1.29, 1.82) is 0 Å². The van der Waals surface area contributed by atoms with Gasteiger partial charge in [0.2, 0.25) is 5.72 Å². The molecule has 1 atom stereocenters. The van der Waals surface area contributed by atoms with E-state index in [2.05, 4.69) is 81.2 Å². The number of benzene rings is 3. The molecule has 1 aliphatic carbocycles. The van der Waals surface area contributed by atoms with Crippen LogP contribution in [-0.2, 0) is 18.7 Å². The Kier molecular flexibility index (Phi) is 6.90. The standard InChI is InChI=1S/C32H36N4O2/c1-32(36-18-17-33-24-36,25-9-4-2-5-10-25)38-31-16-15-28-27(13-8-14-30(28)37)29(31)23-34-19-21-35(22-20-34)26-11-6-3-7-12-26/h2-7,9-12,15-16,24H,8,13-14,17-23H2,1H3/t32-/m0/s1. The van der Waals surface area contributed by atoms with Gasteiger partial charge in [-0.3, -0.25) is 14.7 Å². The Labute approximate surface area is 225 Å². The van der Waals surface area contributed by atoms with Crippen LogP contribution in [0.4, 0.5) is 5.69 Å². The van der Waals surface area contributed by atoms with Gasteiger partial charge < -0.3 is 14.5 Å². The highest BCUT2D eigenvalue weighted by Crippen LogP contribution is 2.38. The molecule has 3 aromatic rings. The maximum absolute atomic E-state index is 12.9. The molecule has 0 unspecified atom stereocenters. The number of rotatable bonds is 7. The summed E-state index contributed by atoms with van der Waals surface area (Å²) in [6.45, 7) is 8.41. The molecule has 196 valence electrons. The van der Waals surface area contributed by atoms with Crippen LogP contribution in [0.2, 0.25) is 0 Å². The van der Waals surface area contributed by atoms with Crippen molar-refractivity contribution in [2.24, 2.45) is 4.99 Å². The second kappa shape index (κ2) is 10.6. The quantitative estimate of drug-likeness (QED) is 0.443. The number of fused-ring (bicyclic) bond motifs is 1. The van der Waals surface area contributed by atoms with Crippen molar-refractivity contribution in [2.45, 2.75) is 38.5 Å². The molecule has 6 nitrogen and oxygen atoms in total. The lowest BCUT2D eigenvalue weighted by Crippen LogP contribution is -2.48. The zero-order chi connectivity index (χ0) is 26.0. The van der Waals surface area contributed by atoms with Crippen LogP contribution in [0.5, 0.6) is 5.75 Å². The minimum Gasteiger partial charge on any atom is -0.464 e. The van der Waals surface area contributed by atoms with Gasteiger partial charge in [-0.15, -0.1) is 0 Å². The zero-order valence-electron chi connectivity index (χ0n) is 22.2. The number of carbonyl (C=O) groups is 1. The Bertz CT molecular complexity index is 1300. The summed E-state index contributed by atoms with van der Waals surface area (Å²) in [4.78, 5) is 24.5. The van der Waals surface area contributed by atoms with E-state index in [1.54, 1.807) is 0 Å². The first-order chi connectivity index (χ1) is 18.6. The third kappa shape index (κ3) is 4.81. The molecule has 38 heavy (non-hydrogen) atoms. The minimum absolute atomic E-state index is 0.255. The van der Waals surface area contributed by atoms with Crippen LogP contribution in [-0.4, -0.2) is 61.2 Å². The molecule has 2 heterocycles. The number of Topliss-reactive ketones (excluding diaryl/α,β-unsaturated/α-hetero) is 1. The molecular weight excluding hydrogens is 472 g/mol. The normalized spacial score (nSPS) is 19.3. The molecular formula is C32H36N4O2. The van der Waals surface area contributed by atoms with Crippen molar-refractivity contribution in [1.82, 2.24) is 9.80 Å². The smallest absolute Gasteiger partial charge is 0.207 e. The third-order valence-corrected chi connectivity index (χ3v) is 8.25. The summed E-state index contributed by atoms with van der Waals surface area (Å²) >= 11 is 0. The fourth-order valence-corrected chi connectivity index (χ4v) is 6.02. The summed E-state index contributed by atoms with van der Waals surface area (Å²) in [7, 11) is 0. The van der Waals surface area contributed by atoms with Gasteiger partial charge in [-0.1, -0.05) is 48.5 Å². The first-order valence-corrected chi connectivity index (χ1v) is 13.8. The lowest BCUT2D eigenvalue weighted by molar-refractivity contribution is -0.0264. The largest absolute Gasteiger partial charge is 0.464 e. The van der Waals surface area contributed by atoms with E-state index in [9.17, 15) is 4.79 Å². The molecule has 0 amide bonds. The van der Waals surface area contributed by atoms with E-state index in [-0.39, 0.29) is 5.78 Å². The number of para-hydroxylation sites is 1. The van der Waals surface area contributed by atoms with Crippen molar-refractivity contribution < 1.29 is 9.53 Å². The molecule has 2 aliphatic heterocycles. The average molecular weight is 509 g/mol. The predicted molar refractivity (Wildman–Crippen MR) is 152 cm³/mol. The van der Waals surface area contributed by atoms with E-state index in [1.165, 1.54) is 16.8 Å². The summed E-state index contributed by atoms with van der Waals surface area (Å²) in [6, 6.07) is 25.1. The van der Waals surface area contributed by atoms with Gasteiger partial charge >= 0.3 is 0 Å². The molecule has 3 aromatic carbocycles. The van der Waals surface area contributed by atoms with Crippen LogP contribution in [0.1, 0.15) is 46.8 Å². The van der Waals surface area contributed by atoms with Crippen LogP contribution in [0.15, 0.2) is 77.8 Å². The number of piperazine rings is 1. The van der Waals surface area contributed by atoms with Gasteiger partial charge in [0.05, 0.1) is 12.9 Å². The number of hydrogen-bond acceptors (Lipinski definition) is 6. The van der Waals surface area contributed by atoms with Crippen LogP contribution in [0.25, 0.3) is 0 Å². The first kappa shape index (κ1) is 24.7. The van der Waals surface area contributed by atoms with Gasteiger partial charge in [-0.2, -0.15) is 0 Å². The second-order valence-electron chi connectivity index (χ2n) is 10.6. The summed E-state index contributed by atoms with van der Waals surface area (Å²) in [5.74, 6) is 1.13. The molecule has 6 heteroatoms. The fourth-order valence-electron chi connectivity index (χ4n) is 6.02. The molecule has 0 spiro atoms. The van der Waals surface area contributed by atoms with Crippen molar-refractivity contribution >= 4 is 17.8 Å². The summed E-state index contributed by atoms with van der Waals surface area (Å²) in [5, 5.41) is 0. The molecule has 6 rings (SSSR count). The Morgan fingerprint density at radius 1 is 0.868 bits per heavy atom. The maximum atomic E-state index is 12.9. The van der Waals surface area contributed by atoms with Gasteiger partial charge in [0.25, 0.3) is 0 Å². The Balaban J connectivity index is 1.31. The molecule has 3 aliphatic rings. The maximum Gasteiger partial charge on any atom is 0.207 e. The van der Waals surface area contributed by atoms with Crippen molar-refractivity contribution in [2.75, 3.05) is 44.2 Å². The number of anilines is 1. The number of aliphatic imine (C=N–C) groups is 1. The Hall–Kier alpha value is -3.64. The summed E-state index contributed by atoms with van der Waals surface area (Å²) in [5.41, 5.74) is 4.89. The Morgan fingerprint density at radius 2 is 1.61 bits per heavy atom. The van der Waals surface area contributed by atoms with Gasteiger partial charge in [-0.05, 0) is 49.6 Å². The van der Waals surface area contributed by atoms with E-state index < -0.39 is 5.72 Å². The van der Waals surface area contributed by atoms with Crippen molar-refractivity contribution in [3.8, 4) is 5.75 Å². The third-order valence-electron chi connectivity index (χ3n) is 8.25. The lowest BCUT2D eigenvalue weighted by atomic mass is 9.86. The average Bonchev–Trinajstić information content (AvgIpc) is 3.52. The van der Waals surface area contributed by atoms with Crippen molar-refractivity contribution in [3.63, 3.8) is 0 Å². The van der Waals surface area contributed by atoms with E-state index in [4.69, 9.17) is 4.74 Å².